The molecule has 1 aromatic rings. The third kappa shape index (κ3) is 4.52. The van der Waals surface area contributed by atoms with Gasteiger partial charge in [0.25, 0.3) is 5.91 Å². The molecule has 1 N–H and O–H groups in total. The van der Waals surface area contributed by atoms with Crippen LogP contribution in [0.15, 0.2) is 30.3 Å². The van der Waals surface area contributed by atoms with Crippen LogP contribution in [-0.4, -0.2) is 18.2 Å². The summed E-state index contributed by atoms with van der Waals surface area (Å²) in [6.07, 6.45) is 0. The molecule has 0 aliphatic heterocycles. The molecule has 0 bridgehead atoms. The maximum atomic E-state index is 11.6. The second-order valence-corrected chi connectivity index (χ2v) is 3.87. The largest absolute Gasteiger partial charge is 0.341 e. The van der Waals surface area contributed by atoms with E-state index in [1.807, 2.05) is 6.07 Å². The Kier molecular flexibility index (Phi) is 4.96. The minimum absolute atomic E-state index is 0.0904. The minimum Gasteiger partial charge on any atom is -0.341 e. The second kappa shape index (κ2) is 6.49. The summed E-state index contributed by atoms with van der Waals surface area (Å²) in [5, 5.41) is 2.63. The molecule has 0 saturated carbocycles. The van der Waals surface area contributed by atoms with Crippen LogP contribution in [-0.2, 0) is 4.79 Å². The third-order valence-electron chi connectivity index (χ3n) is 2.11. The molecule has 0 heterocycles. The number of carbonyl (C=O) groups excluding carboxylic acids is 2. The zero-order valence-electron chi connectivity index (χ0n) is 9.99. The summed E-state index contributed by atoms with van der Waals surface area (Å²) in [5.41, 5.74) is 0.587. The number of carbonyl (C=O) groups is 2. The van der Waals surface area contributed by atoms with Crippen molar-refractivity contribution in [2.45, 2.75) is 13.8 Å². The normalized spacial score (nSPS) is 9.35. The van der Waals surface area contributed by atoms with E-state index < -0.39 is 0 Å². The molecule has 0 aliphatic rings. The Morgan fingerprint density at radius 3 is 2.47 bits per heavy atom. The van der Waals surface area contributed by atoms with Crippen molar-refractivity contribution in [1.82, 2.24) is 5.32 Å². The monoisotopic (exact) mass is 229 g/mol. The van der Waals surface area contributed by atoms with Gasteiger partial charge >= 0.3 is 0 Å². The predicted molar refractivity (Wildman–Crippen MR) is 66.4 cm³/mol. The van der Waals surface area contributed by atoms with E-state index in [2.05, 4.69) is 17.2 Å². The molecule has 17 heavy (non-hydrogen) atoms. The van der Waals surface area contributed by atoms with Crippen LogP contribution in [0, 0.1) is 17.8 Å². The number of ketones is 1. The van der Waals surface area contributed by atoms with Gasteiger partial charge in [-0.1, -0.05) is 38.0 Å². The van der Waals surface area contributed by atoms with E-state index in [4.69, 9.17) is 0 Å². The highest BCUT2D eigenvalue weighted by Crippen LogP contribution is 1.97. The van der Waals surface area contributed by atoms with Gasteiger partial charge in [-0.05, 0) is 18.1 Å². The van der Waals surface area contributed by atoms with Gasteiger partial charge in [0.15, 0.2) is 0 Å². The first-order valence-electron chi connectivity index (χ1n) is 5.47. The molecule has 0 radical (unpaired) electrons. The number of benzene rings is 1. The van der Waals surface area contributed by atoms with Crippen LogP contribution in [0.3, 0.4) is 0 Å². The summed E-state index contributed by atoms with van der Waals surface area (Å²) >= 11 is 0. The van der Waals surface area contributed by atoms with Gasteiger partial charge in [-0.3, -0.25) is 9.59 Å². The van der Waals surface area contributed by atoms with E-state index >= 15 is 0 Å². The zero-order valence-corrected chi connectivity index (χ0v) is 9.99. The number of hydrogen-bond acceptors (Lipinski definition) is 2. The van der Waals surface area contributed by atoms with Crippen molar-refractivity contribution in [3.63, 3.8) is 0 Å². The quantitative estimate of drug-likeness (QED) is 0.632. The number of amides is 1. The lowest BCUT2D eigenvalue weighted by Crippen LogP contribution is -2.23. The molecule has 0 atom stereocenters. The SMILES string of the molecule is CC(C)C(=O)C#CCNC(=O)c1ccccc1. The van der Waals surface area contributed by atoms with Crippen molar-refractivity contribution < 1.29 is 9.59 Å². The Hall–Kier alpha value is -2.08. The summed E-state index contributed by atoms with van der Waals surface area (Å²) in [5.74, 6) is 4.73. The van der Waals surface area contributed by atoms with Crippen LogP contribution < -0.4 is 5.32 Å². The first kappa shape index (κ1) is 13.0. The molecule has 0 aliphatic carbocycles. The van der Waals surface area contributed by atoms with Gasteiger partial charge in [0.05, 0.1) is 6.54 Å². The van der Waals surface area contributed by atoms with E-state index in [-0.39, 0.29) is 24.2 Å². The molecular weight excluding hydrogens is 214 g/mol. The third-order valence-corrected chi connectivity index (χ3v) is 2.11. The highest BCUT2D eigenvalue weighted by molar-refractivity contribution is 5.97. The van der Waals surface area contributed by atoms with Gasteiger partial charge < -0.3 is 5.32 Å². The first-order valence-corrected chi connectivity index (χ1v) is 5.47. The van der Waals surface area contributed by atoms with E-state index in [0.717, 1.165) is 0 Å². The Morgan fingerprint density at radius 1 is 1.24 bits per heavy atom. The van der Waals surface area contributed by atoms with E-state index in [1.54, 1.807) is 38.1 Å². The van der Waals surface area contributed by atoms with Crippen molar-refractivity contribution in [3.05, 3.63) is 35.9 Å². The number of Topliss-reactive ketones (excluding diaryl/α,β-unsaturated/α-hetero) is 1. The summed E-state index contributed by atoms with van der Waals surface area (Å²) in [4.78, 5) is 22.7. The molecule has 0 unspecified atom stereocenters. The standard InChI is InChI=1S/C14H15NO2/c1-11(2)13(16)9-6-10-15-14(17)12-7-4-3-5-8-12/h3-5,7-8,11H,10H2,1-2H3,(H,15,17). The first-order chi connectivity index (χ1) is 8.11. The average molecular weight is 229 g/mol. The maximum Gasteiger partial charge on any atom is 0.252 e. The average Bonchev–Trinajstić information content (AvgIpc) is 2.35. The van der Waals surface area contributed by atoms with E-state index in [0.29, 0.717) is 5.56 Å². The van der Waals surface area contributed by atoms with Crippen molar-refractivity contribution in [2.75, 3.05) is 6.54 Å². The summed E-state index contributed by atoms with van der Waals surface area (Å²) in [7, 11) is 0. The Balaban J connectivity index is 2.43. The lowest BCUT2D eigenvalue weighted by molar-refractivity contribution is -0.116. The van der Waals surface area contributed by atoms with Crippen LogP contribution in [0.25, 0.3) is 0 Å². The number of rotatable bonds is 3. The molecule has 3 nitrogen and oxygen atoms in total. The van der Waals surface area contributed by atoms with Crippen LogP contribution >= 0.6 is 0 Å². The predicted octanol–water partition coefficient (Wildman–Crippen LogP) is 1.64. The molecule has 1 aromatic carbocycles. The summed E-state index contributed by atoms with van der Waals surface area (Å²) in [6.45, 7) is 3.77. The van der Waals surface area contributed by atoms with E-state index in [9.17, 15) is 9.59 Å². The molecule has 0 saturated heterocycles. The highest BCUT2D eigenvalue weighted by atomic mass is 16.1. The Labute approximate surface area is 101 Å². The van der Waals surface area contributed by atoms with Crippen molar-refractivity contribution >= 4 is 11.7 Å². The summed E-state index contributed by atoms with van der Waals surface area (Å²) < 4.78 is 0. The molecule has 0 fully saturated rings. The van der Waals surface area contributed by atoms with Gasteiger partial charge in [-0.15, -0.1) is 0 Å². The molecule has 1 rings (SSSR count). The Morgan fingerprint density at radius 2 is 1.88 bits per heavy atom. The minimum atomic E-state index is -0.183. The lowest BCUT2D eigenvalue weighted by Gasteiger charge is -2.00. The van der Waals surface area contributed by atoms with Gasteiger partial charge in [-0.25, -0.2) is 0 Å². The number of nitrogens with one attached hydrogen (secondary N) is 1. The van der Waals surface area contributed by atoms with Gasteiger partial charge in [0, 0.05) is 11.5 Å². The van der Waals surface area contributed by atoms with Crippen LogP contribution in [0.2, 0.25) is 0 Å². The van der Waals surface area contributed by atoms with Gasteiger partial charge in [0.2, 0.25) is 5.78 Å². The smallest absolute Gasteiger partial charge is 0.252 e. The van der Waals surface area contributed by atoms with E-state index in [1.165, 1.54) is 0 Å². The molecule has 3 heteroatoms. The van der Waals surface area contributed by atoms with Crippen LogP contribution in [0.1, 0.15) is 24.2 Å². The zero-order chi connectivity index (χ0) is 12.7. The molecule has 88 valence electrons. The van der Waals surface area contributed by atoms with Crippen molar-refractivity contribution in [3.8, 4) is 11.8 Å². The topological polar surface area (TPSA) is 46.2 Å². The van der Waals surface area contributed by atoms with Crippen LogP contribution in [0.5, 0.6) is 0 Å². The van der Waals surface area contributed by atoms with Gasteiger partial charge in [-0.2, -0.15) is 0 Å². The molecule has 1 amide bonds. The Bertz CT molecular complexity index is 452. The fourth-order valence-electron chi connectivity index (χ4n) is 1.09. The lowest BCUT2D eigenvalue weighted by atomic mass is 10.1. The number of hydrogen-bond donors (Lipinski definition) is 1. The fraction of sp³-hybridized carbons (Fsp3) is 0.286. The molecule has 0 spiro atoms. The summed E-state index contributed by atoms with van der Waals surface area (Å²) in [6, 6.07) is 8.88. The second-order valence-electron chi connectivity index (χ2n) is 3.87. The van der Waals surface area contributed by atoms with Crippen molar-refractivity contribution in [1.29, 1.82) is 0 Å². The molecular formula is C14H15NO2. The van der Waals surface area contributed by atoms with Crippen LogP contribution in [0.4, 0.5) is 0 Å². The molecule has 0 aromatic heterocycles. The van der Waals surface area contributed by atoms with Gasteiger partial charge in [0.1, 0.15) is 0 Å². The highest BCUT2D eigenvalue weighted by Gasteiger charge is 2.03. The van der Waals surface area contributed by atoms with Crippen molar-refractivity contribution in [2.24, 2.45) is 5.92 Å². The maximum absolute atomic E-state index is 11.6. The fourth-order valence-corrected chi connectivity index (χ4v) is 1.09.